The lowest BCUT2D eigenvalue weighted by molar-refractivity contribution is 0.144. The maximum atomic E-state index is 8.66. The van der Waals surface area contributed by atoms with Crippen molar-refractivity contribution < 1.29 is 4.74 Å². The van der Waals surface area contributed by atoms with Crippen LogP contribution in [0.4, 0.5) is 0 Å². The molecule has 0 amide bonds. The van der Waals surface area contributed by atoms with E-state index in [1.54, 1.807) is 7.11 Å². The van der Waals surface area contributed by atoms with Gasteiger partial charge in [-0.1, -0.05) is 0 Å². The Morgan fingerprint density at radius 3 is 2.57 bits per heavy atom. The van der Waals surface area contributed by atoms with Crippen LogP contribution in [-0.2, 0) is 4.74 Å². The van der Waals surface area contributed by atoms with Crippen LogP contribution in [-0.4, -0.2) is 38.3 Å². The molecule has 0 saturated heterocycles. The summed E-state index contributed by atoms with van der Waals surface area (Å²) in [6, 6.07) is 4.28. The van der Waals surface area contributed by atoms with Crippen LogP contribution in [0.5, 0.6) is 0 Å². The van der Waals surface area contributed by atoms with Crippen molar-refractivity contribution in [3.63, 3.8) is 0 Å². The summed E-state index contributed by atoms with van der Waals surface area (Å²) in [4.78, 5) is 2.08. The summed E-state index contributed by atoms with van der Waals surface area (Å²) in [5.74, 6) is 0.00514. The molecule has 0 radical (unpaired) electrons. The first-order valence-corrected chi connectivity index (χ1v) is 4.72. The van der Waals surface area contributed by atoms with Gasteiger partial charge in [0.15, 0.2) is 0 Å². The highest BCUT2D eigenvalue weighted by molar-refractivity contribution is 4.82. The van der Waals surface area contributed by atoms with Crippen LogP contribution in [0.25, 0.3) is 0 Å². The Labute approximate surface area is 85.7 Å². The van der Waals surface area contributed by atoms with Gasteiger partial charge in [0.2, 0.25) is 0 Å². The molecular weight excluding hydrogens is 178 g/mol. The molecule has 0 aromatic heterocycles. The monoisotopic (exact) mass is 195 g/mol. The first-order chi connectivity index (χ1) is 6.74. The molecular formula is C10H17N3O. The number of hydrogen-bond donors (Lipinski definition) is 0. The molecule has 0 saturated carbocycles. The van der Waals surface area contributed by atoms with E-state index in [1.807, 2.05) is 6.92 Å². The SMILES string of the molecule is COCCN(CCC#N)CC(C)C#N. The molecule has 78 valence electrons. The van der Waals surface area contributed by atoms with Crippen molar-refractivity contribution in [3.8, 4) is 12.1 Å². The molecule has 4 heteroatoms. The molecule has 0 aliphatic carbocycles. The predicted molar refractivity (Wildman–Crippen MR) is 53.3 cm³/mol. The summed E-state index contributed by atoms with van der Waals surface area (Å²) in [5, 5.41) is 17.1. The van der Waals surface area contributed by atoms with E-state index in [1.165, 1.54) is 0 Å². The fourth-order valence-electron chi connectivity index (χ4n) is 1.15. The van der Waals surface area contributed by atoms with Gasteiger partial charge in [0.1, 0.15) is 0 Å². The summed E-state index contributed by atoms with van der Waals surface area (Å²) in [7, 11) is 1.65. The largest absolute Gasteiger partial charge is 0.383 e. The summed E-state index contributed by atoms with van der Waals surface area (Å²) >= 11 is 0. The number of hydrogen-bond acceptors (Lipinski definition) is 4. The minimum absolute atomic E-state index is 0.00514. The van der Waals surface area contributed by atoms with Gasteiger partial charge in [0, 0.05) is 33.2 Å². The number of rotatable bonds is 7. The standard InChI is InChI=1S/C10H17N3O/c1-10(8-12)9-13(5-3-4-11)6-7-14-2/h10H,3,5-7,9H2,1-2H3. The molecule has 0 aromatic carbocycles. The summed E-state index contributed by atoms with van der Waals surface area (Å²) in [6.07, 6.45) is 0.502. The topological polar surface area (TPSA) is 60.0 Å². The number of ether oxygens (including phenoxy) is 1. The van der Waals surface area contributed by atoms with E-state index in [0.717, 1.165) is 6.54 Å². The third kappa shape index (κ3) is 6.42. The predicted octanol–water partition coefficient (Wildman–Crippen LogP) is 1.01. The molecule has 0 aliphatic rings. The van der Waals surface area contributed by atoms with E-state index in [0.29, 0.717) is 26.1 Å². The molecule has 1 unspecified atom stereocenters. The van der Waals surface area contributed by atoms with Crippen LogP contribution in [0.15, 0.2) is 0 Å². The molecule has 0 spiro atoms. The van der Waals surface area contributed by atoms with Crippen molar-refractivity contribution in [1.82, 2.24) is 4.90 Å². The van der Waals surface area contributed by atoms with Crippen molar-refractivity contribution in [2.75, 3.05) is 33.4 Å². The average Bonchev–Trinajstić information content (AvgIpc) is 2.21. The minimum Gasteiger partial charge on any atom is -0.383 e. The molecule has 0 rings (SSSR count). The van der Waals surface area contributed by atoms with Gasteiger partial charge >= 0.3 is 0 Å². The fourth-order valence-corrected chi connectivity index (χ4v) is 1.15. The number of methoxy groups -OCH3 is 1. The van der Waals surface area contributed by atoms with Crippen molar-refractivity contribution in [2.24, 2.45) is 5.92 Å². The molecule has 0 bridgehead atoms. The zero-order valence-electron chi connectivity index (χ0n) is 8.86. The maximum Gasteiger partial charge on any atom is 0.0666 e. The van der Waals surface area contributed by atoms with Crippen LogP contribution in [0, 0.1) is 28.6 Å². The quantitative estimate of drug-likeness (QED) is 0.608. The van der Waals surface area contributed by atoms with Gasteiger partial charge in [-0.25, -0.2) is 0 Å². The Kier molecular flexibility index (Phi) is 7.83. The second kappa shape index (κ2) is 8.50. The van der Waals surface area contributed by atoms with Gasteiger partial charge in [-0.05, 0) is 6.92 Å². The molecule has 0 aliphatic heterocycles. The van der Waals surface area contributed by atoms with E-state index in [-0.39, 0.29) is 5.92 Å². The third-order valence-corrected chi connectivity index (χ3v) is 1.90. The maximum absolute atomic E-state index is 8.66. The fraction of sp³-hybridized carbons (Fsp3) is 0.800. The van der Waals surface area contributed by atoms with E-state index in [9.17, 15) is 0 Å². The Bertz CT molecular complexity index is 216. The summed E-state index contributed by atoms with van der Waals surface area (Å²) in [5.41, 5.74) is 0. The van der Waals surface area contributed by atoms with Crippen molar-refractivity contribution in [1.29, 1.82) is 10.5 Å². The highest BCUT2D eigenvalue weighted by atomic mass is 16.5. The number of nitriles is 2. The lowest BCUT2D eigenvalue weighted by Gasteiger charge is -2.21. The lowest BCUT2D eigenvalue weighted by atomic mass is 10.2. The molecule has 4 nitrogen and oxygen atoms in total. The van der Waals surface area contributed by atoms with Crippen LogP contribution in [0.2, 0.25) is 0 Å². The molecule has 0 N–H and O–H groups in total. The lowest BCUT2D eigenvalue weighted by Crippen LogP contribution is -2.32. The second-order valence-electron chi connectivity index (χ2n) is 3.23. The van der Waals surface area contributed by atoms with E-state index in [4.69, 9.17) is 15.3 Å². The highest BCUT2D eigenvalue weighted by Crippen LogP contribution is 1.99. The Morgan fingerprint density at radius 2 is 2.07 bits per heavy atom. The van der Waals surface area contributed by atoms with Crippen LogP contribution >= 0.6 is 0 Å². The highest BCUT2D eigenvalue weighted by Gasteiger charge is 2.08. The second-order valence-corrected chi connectivity index (χ2v) is 3.23. The molecule has 1 atom stereocenters. The Hall–Kier alpha value is -1.10. The first kappa shape index (κ1) is 12.9. The van der Waals surface area contributed by atoms with Crippen LogP contribution < -0.4 is 0 Å². The van der Waals surface area contributed by atoms with Crippen molar-refractivity contribution in [2.45, 2.75) is 13.3 Å². The molecule has 0 fully saturated rings. The smallest absolute Gasteiger partial charge is 0.0666 e. The minimum atomic E-state index is 0.00514. The first-order valence-electron chi connectivity index (χ1n) is 4.72. The van der Waals surface area contributed by atoms with Crippen molar-refractivity contribution >= 4 is 0 Å². The average molecular weight is 195 g/mol. The third-order valence-electron chi connectivity index (χ3n) is 1.90. The van der Waals surface area contributed by atoms with E-state index >= 15 is 0 Å². The Morgan fingerprint density at radius 1 is 1.36 bits per heavy atom. The summed E-state index contributed by atoms with van der Waals surface area (Å²) in [6.45, 7) is 4.73. The zero-order valence-corrected chi connectivity index (χ0v) is 8.86. The van der Waals surface area contributed by atoms with Gasteiger partial charge in [0.05, 0.1) is 24.7 Å². The molecule has 14 heavy (non-hydrogen) atoms. The van der Waals surface area contributed by atoms with Gasteiger partial charge in [-0.3, -0.25) is 4.90 Å². The van der Waals surface area contributed by atoms with Crippen LogP contribution in [0.3, 0.4) is 0 Å². The summed E-state index contributed by atoms with van der Waals surface area (Å²) < 4.78 is 4.96. The van der Waals surface area contributed by atoms with Crippen molar-refractivity contribution in [3.05, 3.63) is 0 Å². The van der Waals surface area contributed by atoms with Gasteiger partial charge in [-0.2, -0.15) is 10.5 Å². The van der Waals surface area contributed by atoms with E-state index < -0.39 is 0 Å². The van der Waals surface area contributed by atoms with Gasteiger partial charge < -0.3 is 4.74 Å². The molecule has 0 aromatic rings. The number of nitrogens with zero attached hydrogens (tertiary/aromatic N) is 3. The zero-order chi connectivity index (χ0) is 10.8. The Balaban J connectivity index is 3.85. The van der Waals surface area contributed by atoms with E-state index in [2.05, 4.69) is 17.0 Å². The van der Waals surface area contributed by atoms with Gasteiger partial charge in [-0.15, -0.1) is 0 Å². The molecule has 0 heterocycles. The normalized spacial score (nSPS) is 12.1. The van der Waals surface area contributed by atoms with Gasteiger partial charge in [0.25, 0.3) is 0 Å². The van der Waals surface area contributed by atoms with Crippen LogP contribution in [0.1, 0.15) is 13.3 Å².